The Morgan fingerprint density at radius 1 is 0.296 bits per heavy atom. The summed E-state index contributed by atoms with van der Waals surface area (Å²) < 4.78 is 0. The van der Waals surface area contributed by atoms with E-state index < -0.39 is 12.1 Å². The van der Waals surface area contributed by atoms with Crippen molar-refractivity contribution >= 4 is 5.91 Å². The van der Waals surface area contributed by atoms with Crippen LogP contribution in [0.4, 0.5) is 0 Å². The number of rotatable bonds is 70. The molecule has 0 rings (SSSR count). The van der Waals surface area contributed by atoms with Crippen LogP contribution in [0.1, 0.15) is 418 Å². The molecule has 4 nitrogen and oxygen atoms in total. The molecule has 0 saturated heterocycles. The highest BCUT2D eigenvalue weighted by atomic mass is 16.3. The van der Waals surface area contributed by atoms with E-state index in [2.05, 4.69) is 55.6 Å². The second-order valence-corrected chi connectivity index (χ2v) is 25.7. The molecule has 0 radical (unpaired) electrons. The normalized spacial score (nSPS) is 12.9. The largest absolute Gasteiger partial charge is 0.394 e. The minimum absolute atomic E-state index is 0.0549. The van der Waals surface area contributed by atoms with Gasteiger partial charge in [-0.3, -0.25) is 4.79 Å². The van der Waals surface area contributed by atoms with E-state index in [1.54, 1.807) is 6.08 Å². The topological polar surface area (TPSA) is 69.6 Å². The molecule has 0 aromatic carbocycles. The second kappa shape index (κ2) is 72.6. The maximum atomic E-state index is 12.6. The van der Waals surface area contributed by atoms with Gasteiger partial charge in [-0.25, -0.2) is 0 Å². The lowest BCUT2D eigenvalue weighted by molar-refractivity contribution is -0.123. The van der Waals surface area contributed by atoms with Crippen molar-refractivity contribution in [2.45, 2.75) is 431 Å². The van der Waals surface area contributed by atoms with Gasteiger partial charge in [-0.15, -0.1) is 0 Å². The summed E-state index contributed by atoms with van der Waals surface area (Å²) in [5.74, 6) is -0.0549. The lowest BCUT2D eigenvalue weighted by atomic mass is 10.0. The molecular weight excluding hydrogens is 987 g/mol. The highest BCUT2D eigenvalue weighted by Gasteiger charge is 2.18. The Morgan fingerprint density at radius 3 is 0.753 bits per heavy atom. The average Bonchev–Trinajstić information content (AvgIpc) is 3.47. The fourth-order valence-corrected chi connectivity index (χ4v) is 11.9. The van der Waals surface area contributed by atoms with Gasteiger partial charge in [-0.1, -0.05) is 403 Å². The van der Waals surface area contributed by atoms with Gasteiger partial charge in [0.15, 0.2) is 0 Å². The van der Waals surface area contributed by atoms with Crippen molar-refractivity contribution in [1.29, 1.82) is 0 Å². The standard InChI is InChI=1S/C77H147NO3/c1-3-5-7-9-11-13-15-17-19-21-23-25-27-29-31-33-34-35-36-37-38-39-40-41-42-43-44-45-47-49-51-53-55-57-59-61-63-65-67-69-71-73-77(81)78-75(74-79)76(80)72-70-68-66-64-62-60-58-56-54-52-50-48-46-32-30-28-26-24-22-20-18-16-14-12-10-8-6-4-2/h15,17,21,23,27,29,70,72,75-76,79-80H,3-14,16,18-20,22,24-26,28,30-69,71,73-74H2,1-2H3,(H,78,81)/b17-15-,23-21-,29-27-,72-70+. The molecule has 0 aliphatic carbocycles. The van der Waals surface area contributed by atoms with Crippen molar-refractivity contribution < 1.29 is 15.0 Å². The first-order valence-corrected chi connectivity index (χ1v) is 37.4. The number of carbonyl (C=O) groups is 1. The zero-order valence-electron chi connectivity index (χ0n) is 55.3. The van der Waals surface area contributed by atoms with Crippen LogP contribution in [0, 0.1) is 0 Å². The van der Waals surface area contributed by atoms with Gasteiger partial charge in [-0.05, 0) is 57.8 Å². The van der Waals surface area contributed by atoms with E-state index in [9.17, 15) is 15.0 Å². The summed E-state index contributed by atoms with van der Waals surface area (Å²) in [6, 6.07) is -0.623. The molecule has 2 unspecified atom stereocenters. The third kappa shape index (κ3) is 69.0. The molecule has 0 aromatic rings. The van der Waals surface area contributed by atoms with E-state index in [0.717, 1.165) is 38.5 Å². The van der Waals surface area contributed by atoms with E-state index in [4.69, 9.17) is 0 Å². The quantitative estimate of drug-likeness (QED) is 0.0420. The number of unbranched alkanes of at least 4 members (excludes halogenated alkanes) is 57. The van der Waals surface area contributed by atoms with E-state index in [-0.39, 0.29) is 12.5 Å². The monoisotopic (exact) mass is 1130 g/mol. The fraction of sp³-hybridized carbons (Fsp3) is 0.883. The molecule has 0 fully saturated rings. The molecule has 0 aromatic heterocycles. The van der Waals surface area contributed by atoms with Gasteiger partial charge in [0, 0.05) is 6.42 Å². The Balaban J connectivity index is 3.40. The number of allylic oxidation sites excluding steroid dienone is 7. The van der Waals surface area contributed by atoms with Crippen LogP contribution in [-0.4, -0.2) is 34.9 Å². The van der Waals surface area contributed by atoms with Crippen LogP contribution in [0.5, 0.6) is 0 Å². The number of hydrogen-bond acceptors (Lipinski definition) is 3. The summed E-state index contributed by atoms with van der Waals surface area (Å²) in [6.45, 7) is 4.34. The van der Waals surface area contributed by atoms with E-state index >= 15 is 0 Å². The Hall–Kier alpha value is -1.65. The Bertz CT molecular complexity index is 1290. The van der Waals surface area contributed by atoms with Crippen LogP contribution in [0.3, 0.4) is 0 Å². The van der Waals surface area contributed by atoms with Crippen molar-refractivity contribution in [3.63, 3.8) is 0 Å². The molecule has 0 spiro atoms. The number of nitrogens with one attached hydrogen (secondary N) is 1. The van der Waals surface area contributed by atoms with Gasteiger partial charge in [0.25, 0.3) is 0 Å². The van der Waals surface area contributed by atoms with E-state index in [0.29, 0.717) is 6.42 Å². The zero-order chi connectivity index (χ0) is 58.4. The SMILES string of the molecule is CCCCCCC/C=C\C/C=C\C/C=C\CCCCCCCCCCCCCCCCCCCCCCCCCCCCC(=O)NC(CO)C(O)/C=C/CCCCCCCCCCCCCCCCCCCCCCCCCCCC. The third-order valence-electron chi connectivity index (χ3n) is 17.6. The van der Waals surface area contributed by atoms with Gasteiger partial charge in [0.1, 0.15) is 0 Å². The smallest absolute Gasteiger partial charge is 0.220 e. The zero-order valence-corrected chi connectivity index (χ0v) is 55.3. The Labute approximate surface area is 509 Å². The molecule has 4 heteroatoms. The van der Waals surface area contributed by atoms with Crippen molar-refractivity contribution in [2.24, 2.45) is 0 Å². The third-order valence-corrected chi connectivity index (χ3v) is 17.6. The van der Waals surface area contributed by atoms with Crippen LogP contribution >= 0.6 is 0 Å². The maximum absolute atomic E-state index is 12.6. The molecule has 0 aliphatic rings. The lowest BCUT2D eigenvalue weighted by Crippen LogP contribution is -2.45. The summed E-state index contributed by atoms with van der Waals surface area (Å²) >= 11 is 0. The highest BCUT2D eigenvalue weighted by molar-refractivity contribution is 5.76. The van der Waals surface area contributed by atoms with Crippen molar-refractivity contribution in [3.05, 3.63) is 48.6 Å². The minimum Gasteiger partial charge on any atom is -0.394 e. The highest BCUT2D eigenvalue weighted by Crippen LogP contribution is 2.19. The summed E-state index contributed by atoms with van der Waals surface area (Å²) in [5.41, 5.74) is 0. The van der Waals surface area contributed by atoms with Crippen LogP contribution in [0.2, 0.25) is 0 Å². The second-order valence-electron chi connectivity index (χ2n) is 25.7. The number of aliphatic hydroxyl groups excluding tert-OH is 2. The van der Waals surface area contributed by atoms with Gasteiger partial charge in [-0.2, -0.15) is 0 Å². The number of aliphatic hydroxyl groups is 2. The van der Waals surface area contributed by atoms with Crippen LogP contribution < -0.4 is 5.32 Å². The van der Waals surface area contributed by atoms with Crippen LogP contribution in [-0.2, 0) is 4.79 Å². The van der Waals surface area contributed by atoms with E-state index in [1.807, 2.05) is 6.08 Å². The minimum atomic E-state index is -0.840. The fourth-order valence-electron chi connectivity index (χ4n) is 11.9. The average molecular weight is 1140 g/mol. The summed E-state index contributed by atoms with van der Waals surface area (Å²) in [5, 5.41) is 23.3. The summed E-state index contributed by atoms with van der Waals surface area (Å²) in [6.07, 6.45) is 102. The Kier molecular flexibility index (Phi) is 71.1. The molecule has 0 heterocycles. The predicted molar refractivity (Wildman–Crippen MR) is 364 cm³/mol. The summed E-state index contributed by atoms with van der Waals surface area (Å²) in [4.78, 5) is 12.6. The first kappa shape index (κ1) is 79.3. The first-order valence-electron chi connectivity index (χ1n) is 37.4. The molecule has 3 N–H and O–H groups in total. The molecule has 1 amide bonds. The molecule has 81 heavy (non-hydrogen) atoms. The maximum Gasteiger partial charge on any atom is 0.220 e. The molecule has 0 aliphatic heterocycles. The van der Waals surface area contributed by atoms with Gasteiger partial charge >= 0.3 is 0 Å². The first-order chi connectivity index (χ1) is 40.2. The molecule has 2 atom stereocenters. The molecule has 0 saturated carbocycles. The number of hydrogen-bond donors (Lipinski definition) is 3. The number of amides is 1. The van der Waals surface area contributed by atoms with Crippen molar-refractivity contribution in [1.82, 2.24) is 5.32 Å². The van der Waals surface area contributed by atoms with Crippen LogP contribution in [0.25, 0.3) is 0 Å². The Morgan fingerprint density at radius 2 is 0.506 bits per heavy atom. The van der Waals surface area contributed by atoms with Gasteiger partial charge in [0.2, 0.25) is 5.91 Å². The molecular formula is C77H147NO3. The number of carbonyl (C=O) groups excluding carboxylic acids is 1. The van der Waals surface area contributed by atoms with E-state index in [1.165, 1.54) is 360 Å². The molecule has 0 bridgehead atoms. The predicted octanol–water partition coefficient (Wildman–Crippen LogP) is 25.7. The summed E-state index contributed by atoms with van der Waals surface area (Å²) in [7, 11) is 0. The van der Waals surface area contributed by atoms with Gasteiger partial charge < -0.3 is 15.5 Å². The van der Waals surface area contributed by atoms with Crippen molar-refractivity contribution in [2.75, 3.05) is 6.61 Å². The van der Waals surface area contributed by atoms with Crippen molar-refractivity contribution in [3.8, 4) is 0 Å². The van der Waals surface area contributed by atoms with Crippen LogP contribution in [0.15, 0.2) is 48.6 Å². The van der Waals surface area contributed by atoms with Gasteiger partial charge in [0.05, 0.1) is 18.8 Å². The lowest BCUT2D eigenvalue weighted by Gasteiger charge is -2.20. The molecule has 478 valence electrons.